The van der Waals surface area contributed by atoms with E-state index in [9.17, 15) is 4.39 Å². The molecule has 0 aliphatic carbocycles. The molecular formula is C17H28FN3O. The molecule has 1 atom stereocenters. The number of rotatable bonds is 6. The Morgan fingerprint density at radius 1 is 1.27 bits per heavy atom. The lowest BCUT2D eigenvalue weighted by atomic mass is 9.89. The van der Waals surface area contributed by atoms with Crippen molar-refractivity contribution in [3.63, 3.8) is 0 Å². The van der Waals surface area contributed by atoms with Crippen molar-refractivity contribution in [1.82, 2.24) is 10.6 Å². The molecule has 0 bridgehead atoms. The highest BCUT2D eigenvalue weighted by Crippen LogP contribution is 2.20. The normalized spacial score (nSPS) is 13.8. The van der Waals surface area contributed by atoms with Gasteiger partial charge < -0.3 is 15.4 Å². The van der Waals surface area contributed by atoms with E-state index in [0.717, 1.165) is 6.54 Å². The highest BCUT2D eigenvalue weighted by molar-refractivity contribution is 5.79. The molecule has 124 valence electrons. The molecule has 0 saturated carbocycles. The zero-order valence-electron chi connectivity index (χ0n) is 14.2. The van der Waals surface area contributed by atoms with Gasteiger partial charge in [0.15, 0.2) is 5.96 Å². The van der Waals surface area contributed by atoms with E-state index < -0.39 is 0 Å². The van der Waals surface area contributed by atoms with Crippen LogP contribution in [0.5, 0.6) is 0 Å². The maximum atomic E-state index is 13.6. The molecule has 0 amide bonds. The fraction of sp³-hybridized carbons (Fsp3) is 0.588. The van der Waals surface area contributed by atoms with Crippen LogP contribution in [-0.2, 0) is 11.3 Å². The Hall–Kier alpha value is -1.62. The van der Waals surface area contributed by atoms with Gasteiger partial charge in [-0.25, -0.2) is 9.38 Å². The van der Waals surface area contributed by atoms with Gasteiger partial charge in [-0.15, -0.1) is 0 Å². The predicted octanol–water partition coefficient (Wildman–Crippen LogP) is 2.94. The lowest BCUT2D eigenvalue weighted by Crippen LogP contribution is -2.45. The fourth-order valence-corrected chi connectivity index (χ4v) is 2.07. The van der Waals surface area contributed by atoms with Crippen LogP contribution in [0.25, 0.3) is 0 Å². The van der Waals surface area contributed by atoms with Gasteiger partial charge in [0.2, 0.25) is 0 Å². The zero-order chi connectivity index (χ0) is 16.6. The lowest BCUT2D eigenvalue weighted by Gasteiger charge is -2.30. The zero-order valence-corrected chi connectivity index (χ0v) is 14.2. The van der Waals surface area contributed by atoms with E-state index in [4.69, 9.17) is 4.74 Å². The first-order chi connectivity index (χ1) is 10.4. The summed E-state index contributed by atoms with van der Waals surface area (Å²) in [6, 6.07) is 6.69. The molecule has 2 N–H and O–H groups in total. The Morgan fingerprint density at radius 3 is 2.50 bits per heavy atom. The second kappa shape index (κ2) is 8.73. The van der Waals surface area contributed by atoms with Gasteiger partial charge in [0, 0.05) is 25.8 Å². The molecule has 4 nitrogen and oxygen atoms in total. The Kier molecular flexibility index (Phi) is 7.32. The topological polar surface area (TPSA) is 45.7 Å². The van der Waals surface area contributed by atoms with Crippen molar-refractivity contribution < 1.29 is 9.13 Å². The molecule has 22 heavy (non-hydrogen) atoms. The van der Waals surface area contributed by atoms with Crippen molar-refractivity contribution in [2.45, 2.75) is 40.3 Å². The number of benzene rings is 1. The van der Waals surface area contributed by atoms with Gasteiger partial charge in [-0.05, 0) is 18.4 Å². The van der Waals surface area contributed by atoms with Crippen molar-refractivity contribution in [3.05, 3.63) is 35.6 Å². The maximum Gasteiger partial charge on any atom is 0.191 e. The molecule has 5 heteroatoms. The maximum absolute atomic E-state index is 13.6. The molecule has 0 spiro atoms. The van der Waals surface area contributed by atoms with Crippen LogP contribution in [0.15, 0.2) is 29.3 Å². The number of aliphatic imine (C=N–C) groups is 1. The van der Waals surface area contributed by atoms with E-state index in [1.165, 1.54) is 6.07 Å². The molecule has 0 aromatic heterocycles. The number of halogens is 1. The number of nitrogens with zero attached hydrogens (tertiary/aromatic N) is 1. The summed E-state index contributed by atoms with van der Waals surface area (Å²) in [5.74, 6) is 0.434. The number of ether oxygens (including phenoxy) is 1. The quantitative estimate of drug-likeness (QED) is 0.627. The number of guanidine groups is 1. The van der Waals surface area contributed by atoms with Crippen LogP contribution in [0, 0.1) is 11.2 Å². The van der Waals surface area contributed by atoms with Gasteiger partial charge >= 0.3 is 0 Å². The summed E-state index contributed by atoms with van der Waals surface area (Å²) in [5, 5.41) is 6.42. The van der Waals surface area contributed by atoms with Crippen LogP contribution < -0.4 is 10.6 Å². The number of nitrogens with one attached hydrogen (secondary N) is 2. The predicted molar refractivity (Wildman–Crippen MR) is 89.5 cm³/mol. The first-order valence-corrected chi connectivity index (χ1v) is 7.66. The van der Waals surface area contributed by atoms with Gasteiger partial charge in [0.25, 0.3) is 0 Å². The van der Waals surface area contributed by atoms with E-state index >= 15 is 0 Å². The minimum Gasteiger partial charge on any atom is -0.379 e. The van der Waals surface area contributed by atoms with E-state index in [-0.39, 0.29) is 17.3 Å². The van der Waals surface area contributed by atoms with Gasteiger partial charge in [0.1, 0.15) is 5.82 Å². The largest absolute Gasteiger partial charge is 0.379 e. The lowest BCUT2D eigenvalue weighted by molar-refractivity contribution is 0.0205. The van der Waals surface area contributed by atoms with E-state index in [1.807, 2.05) is 13.0 Å². The molecule has 0 heterocycles. The summed E-state index contributed by atoms with van der Waals surface area (Å²) in [7, 11) is 1.71. The average Bonchev–Trinajstić information content (AvgIpc) is 2.45. The van der Waals surface area contributed by atoms with Crippen LogP contribution in [-0.4, -0.2) is 32.3 Å². The molecule has 0 saturated heterocycles. The molecule has 1 aromatic rings. The number of methoxy groups -OCH3 is 1. The van der Waals surface area contributed by atoms with Crippen LogP contribution in [0.2, 0.25) is 0 Å². The Labute approximate surface area is 133 Å². The Balaban J connectivity index is 2.68. The molecule has 0 fully saturated rings. The van der Waals surface area contributed by atoms with Crippen molar-refractivity contribution in [3.8, 4) is 0 Å². The van der Waals surface area contributed by atoms with E-state index in [0.29, 0.717) is 24.6 Å². The summed E-state index contributed by atoms with van der Waals surface area (Å²) in [6.07, 6.45) is 0.0600. The second-order valence-corrected chi connectivity index (χ2v) is 6.26. The first-order valence-electron chi connectivity index (χ1n) is 7.66. The highest BCUT2D eigenvalue weighted by Gasteiger charge is 2.24. The van der Waals surface area contributed by atoms with Crippen molar-refractivity contribution >= 4 is 5.96 Å². The van der Waals surface area contributed by atoms with E-state index in [1.54, 1.807) is 19.2 Å². The van der Waals surface area contributed by atoms with Crippen LogP contribution in [0.3, 0.4) is 0 Å². The molecule has 1 rings (SSSR count). The van der Waals surface area contributed by atoms with E-state index in [2.05, 4.69) is 36.4 Å². The van der Waals surface area contributed by atoms with Crippen LogP contribution in [0.1, 0.15) is 33.3 Å². The third kappa shape index (κ3) is 6.02. The fourth-order valence-electron chi connectivity index (χ4n) is 2.07. The molecule has 0 aliphatic rings. The number of hydrogen-bond acceptors (Lipinski definition) is 2. The summed E-state index contributed by atoms with van der Waals surface area (Å²) in [4.78, 5) is 4.43. The monoisotopic (exact) mass is 309 g/mol. The van der Waals surface area contributed by atoms with Crippen molar-refractivity contribution in [1.29, 1.82) is 0 Å². The Morgan fingerprint density at radius 2 is 1.95 bits per heavy atom. The van der Waals surface area contributed by atoms with Crippen molar-refractivity contribution in [2.75, 3.05) is 20.2 Å². The summed E-state index contributed by atoms with van der Waals surface area (Å²) in [5.41, 5.74) is 0.615. The van der Waals surface area contributed by atoms with Gasteiger partial charge in [0.05, 0.1) is 12.6 Å². The second-order valence-electron chi connectivity index (χ2n) is 6.26. The average molecular weight is 309 g/mol. The van der Waals surface area contributed by atoms with Crippen molar-refractivity contribution in [2.24, 2.45) is 10.4 Å². The van der Waals surface area contributed by atoms with Gasteiger partial charge in [-0.1, -0.05) is 39.0 Å². The smallest absolute Gasteiger partial charge is 0.191 e. The molecular weight excluding hydrogens is 281 g/mol. The standard InChI is InChI=1S/C17H28FN3O/c1-6-19-16(21-12-15(22-5)17(2,3)4)20-11-13-9-7-8-10-14(13)18/h7-10,15H,6,11-12H2,1-5H3,(H2,19,20,21). The minimum atomic E-state index is -0.230. The first kappa shape index (κ1) is 18.4. The third-order valence-electron chi connectivity index (χ3n) is 3.41. The Bertz CT molecular complexity index is 483. The molecule has 1 unspecified atom stereocenters. The van der Waals surface area contributed by atoms with Crippen LogP contribution in [0.4, 0.5) is 4.39 Å². The number of hydrogen-bond donors (Lipinski definition) is 2. The minimum absolute atomic E-state index is 0.0324. The molecule has 1 aromatic carbocycles. The summed E-state index contributed by atoms with van der Waals surface area (Å²) >= 11 is 0. The SMILES string of the molecule is CCNC(=NCc1ccccc1F)NCC(OC)C(C)(C)C. The molecule has 0 radical (unpaired) electrons. The highest BCUT2D eigenvalue weighted by atomic mass is 19.1. The van der Waals surface area contributed by atoms with Gasteiger partial charge in [-0.3, -0.25) is 0 Å². The summed E-state index contributed by atoms with van der Waals surface area (Å²) in [6.45, 7) is 10.1. The van der Waals surface area contributed by atoms with Gasteiger partial charge in [-0.2, -0.15) is 0 Å². The molecule has 0 aliphatic heterocycles. The third-order valence-corrected chi connectivity index (χ3v) is 3.41. The summed E-state index contributed by atoms with van der Waals surface area (Å²) < 4.78 is 19.1. The van der Waals surface area contributed by atoms with Crippen LogP contribution >= 0.6 is 0 Å².